The van der Waals surface area contributed by atoms with Crippen LogP contribution in [0.3, 0.4) is 0 Å². The van der Waals surface area contributed by atoms with E-state index in [-0.39, 0.29) is 18.3 Å². The van der Waals surface area contributed by atoms with Crippen molar-refractivity contribution in [2.45, 2.75) is 103 Å². The number of quaternary nitrogens is 1. The van der Waals surface area contributed by atoms with Gasteiger partial charge in [-0.2, -0.15) is 0 Å². The lowest BCUT2D eigenvalue weighted by Crippen LogP contribution is -3.00. The van der Waals surface area contributed by atoms with Gasteiger partial charge in [0.2, 0.25) is 5.91 Å². The second-order valence-corrected chi connectivity index (χ2v) is 9.05. The minimum atomic E-state index is 0. The number of carbonyl (C=O) groups is 1. The highest BCUT2D eigenvalue weighted by molar-refractivity contribution is 5.75. The minimum Gasteiger partial charge on any atom is -1.00 e. The fourth-order valence-electron chi connectivity index (χ4n) is 3.23. The summed E-state index contributed by atoms with van der Waals surface area (Å²) in [6, 6.07) is 0. The molecule has 0 unspecified atom stereocenters. The quantitative estimate of drug-likeness (QED) is 0.195. The average Bonchev–Trinajstić information content (AvgIpc) is 2.61. The van der Waals surface area contributed by atoms with Crippen LogP contribution in [0.5, 0.6) is 0 Å². The molecule has 0 heterocycles. The van der Waals surface area contributed by atoms with Crippen LogP contribution >= 0.6 is 0 Å². The first-order valence-corrected chi connectivity index (χ1v) is 11.7. The van der Waals surface area contributed by atoms with Crippen LogP contribution in [-0.4, -0.2) is 44.6 Å². The molecule has 0 fully saturated rings. The van der Waals surface area contributed by atoms with Crippen LogP contribution in [0.2, 0.25) is 0 Å². The molecule has 0 aliphatic heterocycles. The molecular formula is C24H49ClN2O. The number of allylic oxidation sites excluding steroid dienone is 2. The highest BCUT2D eigenvalue weighted by Crippen LogP contribution is 2.10. The Morgan fingerprint density at radius 3 is 1.79 bits per heavy atom. The molecule has 0 aromatic rings. The normalized spacial score (nSPS) is 11.6. The van der Waals surface area contributed by atoms with Crippen molar-refractivity contribution in [2.24, 2.45) is 0 Å². The van der Waals surface area contributed by atoms with Gasteiger partial charge in [0.1, 0.15) is 0 Å². The molecule has 0 aliphatic carbocycles. The van der Waals surface area contributed by atoms with Crippen molar-refractivity contribution in [2.75, 3.05) is 34.2 Å². The summed E-state index contributed by atoms with van der Waals surface area (Å²) in [7, 11) is 6.56. The van der Waals surface area contributed by atoms with E-state index in [1.54, 1.807) is 0 Å². The topological polar surface area (TPSA) is 29.1 Å². The lowest BCUT2D eigenvalue weighted by molar-refractivity contribution is -0.870. The zero-order valence-corrected chi connectivity index (χ0v) is 20.2. The summed E-state index contributed by atoms with van der Waals surface area (Å²) >= 11 is 0. The second kappa shape index (κ2) is 21.2. The third-order valence-electron chi connectivity index (χ3n) is 4.99. The molecule has 28 heavy (non-hydrogen) atoms. The lowest BCUT2D eigenvalue weighted by atomic mass is 10.1. The van der Waals surface area contributed by atoms with E-state index in [0.717, 1.165) is 30.4 Å². The van der Waals surface area contributed by atoms with Gasteiger partial charge in [0.05, 0.1) is 27.7 Å². The van der Waals surface area contributed by atoms with Gasteiger partial charge in [0, 0.05) is 19.4 Å². The van der Waals surface area contributed by atoms with Gasteiger partial charge in [-0.1, -0.05) is 70.4 Å². The molecular weight excluding hydrogens is 368 g/mol. The summed E-state index contributed by atoms with van der Waals surface area (Å²) in [5, 5.41) is 3.05. The maximum Gasteiger partial charge on any atom is 0.219 e. The fraction of sp³-hybridized carbons (Fsp3) is 0.875. The number of rotatable bonds is 19. The predicted molar refractivity (Wildman–Crippen MR) is 120 cm³/mol. The van der Waals surface area contributed by atoms with Crippen LogP contribution in [0.25, 0.3) is 0 Å². The minimum absolute atomic E-state index is 0. The number of nitrogens with zero attached hydrogens (tertiary/aromatic N) is 1. The summed E-state index contributed by atoms with van der Waals surface area (Å²) in [5.74, 6) is 0.231. The zero-order chi connectivity index (χ0) is 20.2. The number of halogens is 1. The molecule has 0 aromatic carbocycles. The Morgan fingerprint density at radius 1 is 0.750 bits per heavy atom. The van der Waals surface area contributed by atoms with E-state index in [0.29, 0.717) is 6.42 Å². The molecule has 0 rings (SSSR count). The SMILES string of the molecule is CCCCCCCC/C=C\CCCCCCCC(=O)NCCC[N+](C)(C)C.[Cl-]. The Bertz CT molecular complexity index is 364. The van der Waals surface area contributed by atoms with Crippen LogP contribution < -0.4 is 17.7 Å². The van der Waals surface area contributed by atoms with Gasteiger partial charge in [-0.3, -0.25) is 4.79 Å². The van der Waals surface area contributed by atoms with Crippen LogP contribution in [0.1, 0.15) is 103 Å². The van der Waals surface area contributed by atoms with E-state index >= 15 is 0 Å². The molecule has 0 radical (unpaired) electrons. The van der Waals surface area contributed by atoms with Gasteiger partial charge in [-0.25, -0.2) is 0 Å². The first-order valence-electron chi connectivity index (χ1n) is 11.7. The first-order chi connectivity index (χ1) is 13.0. The number of unbranched alkanes of at least 4 members (excludes halogenated alkanes) is 11. The fourth-order valence-corrected chi connectivity index (χ4v) is 3.23. The molecule has 1 amide bonds. The molecule has 0 atom stereocenters. The number of nitrogens with one attached hydrogen (secondary N) is 1. The van der Waals surface area contributed by atoms with E-state index in [1.165, 1.54) is 77.0 Å². The van der Waals surface area contributed by atoms with Gasteiger partial charge >= 0.3 is 0 Å². The maximum atomic E-state index is 11.8. The monoisotopic (exact) mass is 416 g/mol. The Kier molecular flexibility index (Phi) is 22.4. The molecule has 0 aromatic heterocycles. The third-order valence-corrected chi connectivity index (χ3v) is 4.99. The molecule has 1 N–H and O–H groups in total. The van der Waals surface area contributed by atoms with Crippen LogP contribution in [-0.2, 0) is 4.79 Å². The number of amides is 1. The van der Waals surface area contributed by atoms with E-state index in [2.05, 4.69) is 45.5 Å². The van der Waals surface area contributed by atoms with Gasteiger partial charge in [-0.15, -0.1) is 0 Å². The van der Waals surface area contributed by atoms with Crippen molar-refractivity contribution >= 4 is 5.91 Å². The summed E-state index contributed by atoms with van der Waals surface area (Å²) in [4.78, 5) is 11.8. The molecule has 0 saturated heterocycles. The molecule has 0 aliphatic rings. The van der Waals surface area contributed by atoms with Gasteiger partial charge < -0.3 is 22.2 Å². The van der Waals surface area contributed by atoms with Crippen molar-refractivity contribution in [1.29, 1.82) is 0 Å². The molecule has 0 bridgehead atoms. The highest BCUT2D eigenvalue weighted by atomic mass is 35.5. The van der Waals surface area contributed by atoms with Crippen molar-refractivity contribution < 1.29 is 21.7 Å². The Hall–Kier alpha value is -0.540. The van der Waals surface area contributed by atoms with E-state index < -0.39 is 0 Å². The van der Waals surface area contributed by atoms with Crippen molar-refractivity contribution in [1.82, 2.24) is 5.32 Å². The van der Waals surface area contributed by atoms with E-state index in [4.69, 9.17) is 0 Å². The van der Waals surface area contributed by atoms with Crippen molar-refractivity contribution in [3.63, 3.8) is 0 Å². The number of hydrogen-bond acceptors (Lipinski definition) is 1. The molecule has 0 saturated carbocycles. The van der Waals surface area contributed by atoms with E-state index in [1.807, 2.05) is 0 Å². The Morgan fingerprint density at radius 2 is 1.25 bits per heavy atom. The van der Waals surface area contributed by atoms with E-state index in [9.17, 15) is 4.79 Å². The standard InChI is InChI=1S/C24H48N2O.ClH/c1-5-6-7-8-9-10-11-12-13-14-15-16-17-18-19-21-24(27)25-22-20-23-26(2,3)4;/h12-13H,5-11,14-23H2,1-4H3;1H/b13-12-;. The first kappa shape index (κ1) is 29.7. The largest absolute Gasteiger partial charge is 1.00 e. The third kappa shape index (κ3) is 25.5. The highest BCUT2D eigenvalue weighted by Gasteiger charge is 2.06. The summed E-state index contributed by atoms with van der Waals surface area (Å²) in [5.41, 5.74) is 0. The maximum absolute atomic E-state index is 11.8. The van der Waals surface area contributed by atoms with Crippen LogP contribution in [0.4, 0.5) is 0 Å². The summed E-state index contributed by atoms with van der Waals surface area (Å²) in [6.45, 7) is 4.20. The van der Waals surface area contributed by atoms with Crippen LogP contribution in [0, 0.1) is 0 Å². The molecule has 4 heteroatoms. The van der Waals surface area contributed by atoms with Crippen molar-refractivity contribution in [3.05, 3.63) is 12.2 Å². The summed E-state index contributed by atoms with van der Waals surface area (Å²) < 4.78 is 0.962. The Labute approximate surface area is 182 Å². The molecule has 0 spiro atoms. The zero-order valence-electron chi connectivity index (χ0n) is 19.4. The molecule has 168 valence electrons. The Balaban J connectivity index is 0. The van der Waals surface area contributed by atoms with Gasteiger partial charge in [0.25, 0.3) is 0 Å². The van der Waals surface area contributed by atoms with Crippen LogP contribution in [0.15, 0.2) is 12.2 Å². The summed E-state index contributed by atoms with van der Waals surface area (Å²) in [6.07, 6.45) is 23.4. The number of hydrogen-bond donors (Lipinski definition) is 1. The smallest absolute Gasteiger partial charge is 0.219 e. The lowest BCUT2D eigenvalue weighted by Gasteiger charge is -2.23. The number of carbonyl (C=O) groups excluding carboxylic acids is 1. The van der Waals surface area contributed by atoms with Gasteiger partial charge in [0.15, 0.2) is 0 Å². The average molecular weight is 417 g/mol. The molecule has 3 nitrogen and oxygen atoms in total. The second-order valence-electron chi connectivity index (χ2n) is 9.05. The predicted octanol–water partition coefficient (Wildman–Crippen LogP) is 3.24. The van der Waals surface area contributed by atoms with Crippen molar-refractivity contribution in [3.8, 4) is 0 Å². The van der Waals surface area contributed by atoms with Gasteiger partial charge in [-0.05, 0) is 32.1 Å².